The van der Waals surface area contributed by atoms with Gasteiger partial charge in [0.25, 0.3) is 0 Å². The summed E-state index contributed by atoms with van der Waals surface area (Å²) in [7, 11) is 0. The van der Waals surface area contributed by atoms with Crippen LogP contribution in [0.3, 0.4) is 0 Å². The Morgan fingerprint density at radius 3 is 2.14 bits per heavy atom. The van der Waals surface area contributed by atoms with Gasteiger partial charge in [-0.25, -0.2) is 9.59 Å². The Labute approximate surface area is 134 Å². The van der Waals surface area contributed by atoms with Gasteiger partial charge in [-0.15, -0.1) is 0 Å². The van der Waals surface area contributed by atoms with Crippen LogP contribution in [-0.2, 0) is 19.1 Å². The number of carbonyl (C=O) groups excluding carboxylic acids is 2. The van der Waals surface area contributed by atoms with Crippen LogP contribution in [-0.4, -0.2) is 25.2 Å². The molecule has 4 heteroatoms. The molecule has 0 aromatic rings. The molecule has 1 rings (SSSR count). The fourth-order valence-electron chi connectivity index (χ4n) is 2.64. The van der Waals surface area contributed by atoms with Gasteiger partial charge in [-0.1, -0.05) is 46.0 Å². The second kappa shape index (κ2) is 11.3. The van der Waals surface area contributed by atoms with E-state index in [2.05, 4.69) is 6.92 Å². The van der Waals surface area contributed by atoms with Crippen molar-refractivity contribution in [2.75, 3.05) is 13.2 Å². The van der Waals surface area contributed by atoms with Gasteiger partial charge < -0.3 is 9.47 Å². The highest BCUT2D eigenvalue weighted by Gasteiger charge is 2.25. The predicted octanol–water partition coefficient (Wildman–Crippen LogP) is 4.18. The maximum Gasteiger partial charge on any atom is 0.334 e. The van der Waals surface area contributed by atoms with Crippen molar-refractivity contribution >= 4 is 11.9 Å². The van der Waals surface area contributed by atoms with E-state index >= 15 is 0 Å². The number of ether oxygens (including phenoxy) is 2. The molecule has 4 nitrogen and oxygen atoms in total. The van der Waals surface area contributed by atoms with E-state index in [9.17, 15) is 9.59 Å². The maximum atomic E-state index is 12.3. The van der Waals surface area contributed by atoms with Gasteiger partial charge in [-0.05, 0) is 31.6 Å². The molecule has 1 aliphatic carbocycles. The van der Waals surface area contributed by atoms with Crippen LogP contribution in [0, 0.1) is 5.92 Å². The summed E-state index contributed by atoms with van der Waals surface area (Å²) < 4.78 is 10.5. The van der Waals surface area contributed by atoms with Crippen molar-refractivity contribution in [1.29, 1.82) is 0 Å². The molecule has 0 heterocycles. The minimum absolute atomic E-state index is 0.140. The molecule has 0 aromatic heterocycles. The van der Waals surface area contributed by atoms with Gasteiger partial charge in [-0.2, -0.15) is 0 Å². The molecule has 0 aliphatic heterocycles. The highest BCUT2D eigenvalue weighted by Crippen LogP contribution is 2.30. The Morgan fingerprint density at radius 1 is 0.955 bits per heavy atom. The lowest BCUT2D eigenvalue weighted by molar-refractivity contribution is -0.142. The number of unbranched alkanes of at least 4 members (excludes halogenated alkanes) is 2. The molecule has 0 spiro atoms. The van der Waals surface area contributed by atoms with Crippen LogP contribution in [0.1, 0.15) is 71.6 Å². The summed E-state index contributed by atoms with van der Waals surface area (Å²) in [5.41, 5.74) is 0.511. The van der Waals surface area contributed by atoms with E-state index in [4.69, 9.17) is 9.47 Å². The van der Waals surface area contributed by atoms with Crippen molar-refractivity contribution in [2.45, 2.75) is 71.6 Å². The van der Waals surface area contributed by atoms with Gasteiger partial charge in [0.2, 0.25) is 0 Å². The third kappa shape index (κ3) is 7.10. The Morgan fingerprint density at radius 2 is 1.55 bits per heavy atom. The van der Waals surface area contributed by atoms with E-state index in [0.717, 1.165) is 51.4 Å². The predicted molar refractivity (Wildman–Crippen MR) is 86.4 cm³/mol. The molecule has 1 aliphatic rings. The Bertz CT molecular complexity index is 367. The summed E-state index contributed by atoms with van der Waals surface area (Å²) in [4.78, 5) is 24.2. The van der Waals surface area contributed by atoms with Crippen molar-refractivity contribution in [3.63, 3.8) is 0 Å². The highest BCUT2D eigenvalue weighted by atomic mass is 16.5. The SMILES string of the molecule is CCCCOC(=O)C=C(C(=O)OCCCC)C1CCCCC1. The van der Waals surface area contributed by atoms with Gasteiger partial charge in [0, 0.05) is 11.6 Å². The number of hydrogen-bond donors (Lipinski definition) is 0. The third-order valence-electron chi connectivity index (χ3n) is 4.03. The standard InChI is InChI=1S/C18H30O4/c1-3-5-12-21-17(19)14-16(15-10-8-7-9-11-15)18(20)22-13-6-4-2/h14-15H,3-13H2,1-2H3. The van der Waals surface area contributed by atoms with E-state index in [0.29, 0.717) is 18.8 Å². The molecule has 126 valence electrons. The molecule has 0 N–H and O–H groups in total. The second-order valence-corrected chi connectivity index (χ2v) is 5.95. The molecule has 0 atom stereocenters. The summed E-state index contributed by atoms with van der Waals surface area (Å²) >= 11 is 0. The van der Waals surface area contributed by atoms with Gasteiger partial charge in [0.15, 0.2) is 0 Å². The second-order valence-electron chi connectivity index (χ2n) is 5.95. The number of carbonyl (C=O) groups is 2. The first-order chi connectivity index (χ1) is 10.7. The minimum atomic E-state index is -0.415. The summed E-state index contributed by atoms with van der Waals surface area (Å²) in [5.74, 6) is -0.615. The lowest BCUT2D eigenvalue weighted by Crippen LogP contribution is -2.20. The summed E-state index contributed by atoms with van der Waals surface area (Å²) in [6.07, 6.45) is 10.4. The van der Waals surface area contributed by atoms with Gasteiger partial charge in [0.1, 0.15) is 0 Å². The monoisotopic (exact) mass is 310 g/mol. The highest BCUT2D eigenvalue weighted by molar-refractivity contribution is 5.96. The zero-order valence-electron chi connectivity index (χ0n) is 14.1. The molecule has 22 heavy (non-hydrogen) atoms. The molecule has 1 fully saturated rings. The average molecular weight is 310 g/mol. The lowest BCUT2D eigenvalue weighted by atomic mass is 9.83. The fourth-order valence-corrected chi connectivity index (χ4v) is 2.64. The molecular formula is C18H30O4. The Hall–Kier alpha value is -1.32. The molecule has 0 aromatic carbocycles. The Balaban J connectivity index is 2.67. The maximum absolute atomic E-state index is 12.3. The number of hydrogen-bond acceptors (Lipinski definition) is 4. The first kappa shape index (κ1) is 18.7. The van der Waals surface area contributed by atoms with E-state index in [1.165, 1.54) is 12.5 Å². The smallest absolute Gasteiger partial charge is 0.334 e. The molecular weight excluding hydrogens is 280 g/mol. The van der Waals surface area contributed by atoms with Crippen LogP contribution >= 0.6 is 0 Å². The van der Waals surface area contributed by atoms with E-state index in [-0.39, 0.29) is 11.9 Å². The molecule has 0 bridgehead atoms. The van der Waals surface area contributed by atoms with Crippen LogP contribution in [0.2, 0.25) is 0 Å². The van der Waals surface area contributed by atoms with Crippen molar-refractivity contribution in [3.05, 3.63) is 11.6 Å². The zero-order valence-corrected chi connectivity index (χ0v) is 14.1. The van der Waals surface area contributed by atoms with Crippen LogP contribution in [0.5, 0.6) is 0 Å². The minimum Gasteiger partial charge on any atom is -0.463 e. The van der Waals surface area contributed by atoms with E-state index < -0.39 is 5.97 Å². The average Bonchev–Trinajstić information content (AvgIpc) is 2.54. The van der Waals surface area contributed by atoms with Crippen molar-refractivity contribution < 1.29 is 19.1 Å². The van der Waals surface area contributed by atoms with Crippen LogP contribution in [0.15, 0.2) is 11.6 Å². The first-order valence-electron chi connectivity index (χ1n) is 8.74. The van der Waals surface area contributed by atoms with Crippen LogP contribution in [0.4, 0.5) is 0 Å². The normalized spacial score (nSPS) is 16.4. The number of esters is 2. The van der Waals surface area contributed by atoms with Gasteiger partial charge >= 0.3 is 11.9 Å². The van der Waals surface area contributed by atoms with Crippen LogP contribution in [0.25, 0.3) is 0 Å². The molecule has 0 radical (unpaired) electrons. The fraction of sp³-hybridized carbons (Fsp3) is 0.778. The molecule has 0 saturated heterocycles. The summed E-state index contributed by atoms with van der Waals surface area (Å²) in [5, 5.41) is 0. The third-order valence-corrected chi connectivity index (χ3v) is 4.03. The van der Waals surface area contributed by atoms with E-state index in [1.807, 2.05) is 6.92 Å². The number of rotatable bonds is 9. The summed E-state index contributed by atoms with van der Waals surface area (Å²) in [6.45, 7) is 4.93. The Kier molecular flexibility index (Phi) is 9.60. The summed E-state index contributed by atoms with van der Waals surface area (Å²) in [6, 6.07) is 0. The zero-order chi connectivity index (χ0) is 16.2. The molecule has 1 saturated carbocycles. The lowest BCUT2D eigenvalue weighted by Gasteiger charge is -2.23. The topological polar surface area (TPSA) is 52.6 Å². The molecule has 0 unspecified atom stereocenters. The van der Waals surface area contributed by atoms with Crippen molar-refractivity contribution in [2.24, 2.45) is 5.92 Å². The van der Waals surface area contributed by atoms with Gasteiger partial charge in [-0.3, -0.25) is 0 Å². The van der Waals surface area contributed by atoms with E-state index in [1.54, 1.807) is 0 Å². The van der Waals surface area contributed by atoms with Crippen molar-refractivity contribution in [1.82, 2.24) is 0 Å². The largest absolute Gasteiger partial charge is 0.463 e. The van der Waals surface area contributed by atoms with Crippen LogP contribution < -0.4 is 0 Å². The first-order valence-corrected chi connectivity index (χ1v) is 8.74. The van der Waals surface area contributed by atoms with Gasteiger partial charge in [0.05, 0.1) is 13.2 Å². The molecule has 0 amide bonds. The van der Waals surface area contributed by atoms with Crippen molar-refractivity contribution in [3.8, 4) is 0 Å². The quantitative estimate of drug-likeness (QED) is 0.364.